The van der Waals surface area contributed by atoms with Crippen LogP contribution in [0, 0.1) is 0 Å². The Morgan fingerprint density at radius 2 is 2.07 bits per heavy atom. The summed E-state index contributed by atoms with van der Waals surface area (Å²) in [5.41, 5.74) is 0.523. The van der Waals surface area contributed by atoms with E-state index in [2.05, 4.69) is 0 Å². The van der Waals surface area contributed by atoms with Gasteiger partial charge in [0.15, 0.2) is 0 Å². The molecule has 1 amide bonds. The van der Waals surface area contributed by atoms with Crippen molar-refractivity contribution in [2.75, 3.05) is 11.4 Å². The molecule has 0 aliphatic rings. The maximum absolute atomic E-state index is 10.8. The molecule has 1 aromatic carbocycles. The smallest absolute Gasteiger partial charge is 0.411 e. The molecule has 0 heterocycles. The predicted molar refractivity (Wildman–Crippen MR) is 57.5 cm³/mol. The Morgan fingerprint density at radius 1 is 1.43 bits per heavy atom. The molecule has 1 N–H and O–H groups in total. The van der Waals surface area contributed by atoms with Crippen molar-refractivity contribution in [2.45, 2.75) is 6.92 Å². The summed E-state index contributed by atoms with van der Waals surface area (Å²) in [6, 6.07) is 4.72. The highest BCUT2D eigenvalue weighted by Crippen LogP contribution is 2.27. The molecule has 0 atom stereocenters. The molecule has 14 heavy (non-hydrogen) atoms. The number of anilines is 1. The molecule has 0 aromatic heterocycles. The molecule has 1 aromatic rings. The van der Waals surface area contributed by atoms with Crippen LogP contribution in [-0.2, 0) is 0 Å². The summed E-state index contributed by atoms with van der Waals surface area (Å²) < 4.78 is 0. The molecule has 1 rings (SSSR count). The number of hydrogen-bond donors (Lipinski definition) is 1. The van der Waals surface area contributed by atoms with Crippen LogP contribution in [0.5, 0.6) is 0 Å². The number of rotatable bonds is 2. The van der Waals surface area contributed by atoms with Gasteiger partial charge in [-0.05, 0) is 25.1 Å². The average Bonchev–Trinajstić information content (AvgIpc) is 2.11. The molecule has 0 saturated heterocycles. The molecule has 3 nitrogen and oxygen atoms in total. The Kier molecular flexibility index (Phi) is 3.61. The van der Waals surface area contributed by atoms with Crippen LogP contribution >= 0.6 is 23.2 Å². The van der Waals surface area contributed by atoms with Gasteiger partial charge in [0.1, 0.15) is 0 Å². The molecule has 0 radical (unpaired) electrons. The Bertz CT molecular complexity index is 355. The van der Waals surface area contributed by atoms with Gasteiger partial charge >= 0.3 is 6.09 Å². The normalized spacial score (nSPS) is 9.93. The van der Waals surface area contributed by atoms with Crippen molar-refractivity contribution in [2.24, 2.45) is 0 Å². The summed E-state index contributed by atoms with van der Waals surface area (Å²) >= 11 is 11.5. The fourth-order valence-corrected chi connectivity index (χ4v) is 1.37. The molecule has 0 bridgehead atoms. The van der Waals surface area contributed by atoms with Crippen molar-refractivity contribution < 1.29 is 9.90 Å². The summed E-state index contributed by atoms with van der Waals surface area (Å²) in [6.07, 6.45) is -1.01. The molecular formula is C9H9Cl2NO2. The second kappa shape index (κ2) is 4.53. The highest BCUT2D eigenvalue weighted by Gasteiger charge is 2.12. The zero-order valence-corrected chi connectivity index (χ0v) is 9.01. The quantitative estimate of drug-likeness (QED) is 0.850. The third-order valence-corrected chi connectivity index (χ3v) is 2.50. The topological polar surface area (TPSA) is 40.5 Å². The summed E-state index contributed by atoms with van der Waals surface area (Å²) in [5, 5.41) is 9.60. The minimum atomic E-state index is -1.01. The van der Waals surface area contributed by atoms with Gasteiger partial charge in [0.05, 0.1) is 10.0 Å². The van der Waals surface area contributed by atoms with Crippen LogP contribution in [0.3, 0.4) is 0 Å². The Balaban J connectivity index is 3.06. The third kappa shape index (κ3) is 2.30. The van der Waals surface area contributed by atoms with Crippen LogP contribution in [0.15, 0.2) is 18.2 Å². The molecule has 0 unspecified atom stereocenters. The van der Waals surface area contributed by atoms with E-state index in [1.54, 1.807) is 19.1 Å². The zero-order chi connectivity index (χ0) is 10.7. The van der Waals surface area contributed by atoms with Crippen molar-refractivity contribution in [3.63, 3.8) is 0 Å². The van der Waals surface area contributed by atoms with E-state index >= 15 is 0 Å². The fourth-order valence-electron chi connectivity index (χ4n) is 1.08. The SMILES string of the molecule is CCN(C(=O)O)c1ccc(Cl)c(Cl)c1. The summed E-state index contributed by atoms with van der Waals surface area (Å²) in [5.74, 6) is 0. The molecule has 0 fully saturated rings. The van der Waals surface area contributed by atoms with Gasteiger partial charge in [0.2, 0.25) is 0 Å². The number of carboxylic acid groups (broad SMARTS) is 1. The number of amides is 1. The number of benzene rings is 1. The Morgan fingerprint density at radius 3 is 2.50 bits per heavy atom. The second-order valence-electron chi connectivity index (χ2n) is 2.63. The first-order valence-electron chi connectivity index (χ1n) is 4.01. The zero-order valence-electron chi connectivity index (χ0n) is 7.50. The van der Waals surface area contributed by atoms with Crippen LogP contribution in [-0.4, -0.2) is 17.7 Å². The summed E-state index contributed by atoms with van der Waals surface area (Å²) in [4.78, 5) is 12.0. The van der Waals surface area contributed by atoms with Crippen molar-refractivity contribution in [3.8, 4) is 0 Å². The first-order valence-corrected chi connectivity index (χ1v) is 4.77. The van der Waals surface area contributed by atoms with Crippen molar-refractivity contribution in [1.29, 1.82) is 0 Å². The highest BCUT2D eigenvalue weighted by atomic mass is 35.5. The van der Waals surface area contributed by atoms with Gasteiger partial charge in [-0.2, -0.15) is 0 Å². The third-order valence-electron chi connectivity index (χ3n) is 1.76. The number of halogens is 2. The fraction of sp³-hybridized carbons (Fsp3) is 0.222. The standard InChI is InChI=1S/C9H9Cl2NO2/c1-2-12(9(13)14)6-3-4-7(10)8(11)5-6/h3-5H,2H2,1H3,(H,13,14). The lowest BCUT2D eigenvalue weighted by Gasteiger charge is -2.17. The van der Waals surface area contributed by atoms with E-state index in [1.807, 2.05) is 0 Å². The number of nitrogens with zero attached hydrogens (tertiary/aromatic N) is 1. The first kappa shape index (κ1) is 11.1. The van der Waals surface area contributed by atoms with E-state index in [-0.39, 0.29) is 0 Å². The lowest BCUT2D eigenvalue weighted by Crippen LogP contribution is -2.28. The molecular weight excluding hydrogens is 225 g/mol. The van der Waals surface area contributed by atoms with Gasteiger partial charge in [-0.1, -0.05) is 23.2 Å². The molecule has 5 heteroatoms. The first-order chi connectivity index (χ1) is 6.56. The van der Waals surface area contributed by atoms with E-state index in [4.69, 9.17) is 28.3 Å². The predicted octanol–water partition coefficient (Wildman–Crippen LogP) is 3.50. The maximum Gasteiger partial charge on any atom is 0.411 e. The van der Waals surface area contributed by atoms with Gasteiger partial charge in [-0.15, -0.1) is 0 Å². The van der Waals surface area contributed by atoms with Crippen LogP contribution in [0.1, 0.15) is 6.92 Å². The molecule has 76 valence electrons. The van der Waals surface area contributed by atoms with Crippen LogP contribution in [0.25, 0.3) is 0 Å². The number of carbonyl (C=O) groups is 1. The lowest BCUT2D eigenvalue weighted by atomic mass is 10.3. The Hall–Kier alpha value is -0.930. The van der Waals surface area contributed by atoms with Crippen LogP contribution in [0.4, 0.5) is 10.5 Å². The summed E-state index contributed by atoms with van der Waals surface area (Å²) in [6.45, 7) is 2.12. The van der Waals surface area contributed by atoms with E-state index in [0.29, 0.717) is 22.3 Å². The summed E-state index contributed by atoms with van der Waals surface area (Å²) in [7, 11) is 0. The van der Waals surface area contributed by atoms with Crippen molar-refractivity contribution >= 4 is 35.0 Å². The monoisotopic (exact) mass is 233 g/mol. The van der Waals surface area contributed by atoms with Crippen molar-refractivity contribution in [3.05, 3.63) is 28.2 Å². The maximum atomic E-state index is 10.8. The van der Waals surface area contributed by atoms with E-state index in [0.717, 1.165) is 0 Å². The van der Waals surface area contributed by atoms with Gasteiger partial charge in [0.25, 0.3) is 0 Å². The van der Waals surface area contributed by atoms with Crippen LogP contribution in [0.2, 0.25) is 10.0 Å². The van der Waals surface area contributed by atoms with Gasteiger partial charge in [0, 0.05) is 12.2 Å². The van der Waals surface area contributed by atoms with Gasteiger partial charge in [-0.3, -0.25) is 4.90 Å². The molecule has 0 spiro atoms. The van der Waals surface area contributed by atoms with Gasteiger partial charge < -0.3 is 5.11 Å². The molecule has 0 aliphatic carbocycles. The van der Waals surface area contributed by atoms with Gasteiger partial charge in [-0.25, -0.2) is 4.79 Å². The number of hydrogen-bond acceptors (Lipinski definition) is 1. The average molecular weight is 234 g/mol. The Labute approximate surface area is 91.8 Å². The largest absolute Gasteiger partial charge is 0.465 e. The van der Waals surface area contributed by atoms with Crippen LogP contribution < -0.4 is 4.90 Å². The van der Waals surface area contributed by atoms with Crippen molar-refractivity contribution in [1.82, 2.24) is 0 Å². The molecule has 0 aliphatic heterocycles. The molecule has 0 saturated carbocycles. The van der Waals surface area contributed by atoms with E-state index < -0.39 is 6.09 Å². The lowest BCUT2D eigenvalue weighted by molar-refractivity contribution is 0.202. The minimum Gasteiger partial charge on any atom is -0.465 e. The van der Waals surface area contributed by atoms with E-state index in [9.17, 15) is 4.79 Å². The highest BCUT2D eigenvalue weighted by molar-refractivity contribution is 6.42. The minimum absolute atomic E-state index is 0.351. The second-order valence-corrected chi connectivity index (χ2v) is 3.44. The van der Waals surface area contributed by atoms with E-state index in [1.165, 1.54) is 11.0 Å².